The summed E-state index contributed by atoms with van der Waals surface area (Å²) in [5.41, 5.74) is 3.63. The summed E-state index contributed by atoms with van der Waals surface area (Å²) in [5.74, 6) is 1.12. The Bertz CT molecular complexity index is 1370. The number of allylic oxidation sites excluding steroid dienone is 1. The third kappa shape index (κ3) is 6.96. The van der Waals surface area contributed by atoms with Crippen LogP contribution in [0.3, 0.4) is 0 Å². The fraction of sp³-hybridized carbons (Fsp3) is 0.370. The van der Waals surface area contributed by atoms with Gasteiger partial charge in [-0.15, -0.1) is 0 Å². The summed E-state index contributed by atoms with van der Waals surface area (Å²) in [4.78, 5) is 36.9. The SMILES string of the molecule is C=N/C(=C\C(=C/C)CN1CCN(C(=O)OC(C)(C)C)CC1)Nc1nc2ccc(-c3nccnc3Cl)cc2[nH]1. The van der Waals surface area contributed by atoms with Crippen molar-refractivity contribution in [3.05, 3.63) is 59.3 Å². The Labute approximate surface area is 227 Å². The largest absolute Gasteiger partial charge is 0.444 e. The Morgan fingerprint density at radius 3 is 2.63 bits per heavy atom. The van der Waals surface area contributed by atoms with E-state index in [2.05, 4.69) is 41.9 Å². The van der Waals surface area contributed by atoms with Gasteiger partial charge in [0.1, 0.15) is 17.1 Å². The number of aromatic amines is 1. The van der Waals surface area contributed by atoms with Gasteiger partial charge in [0.15, 0.2) is 5.15 Å². The minimum atomic E-state index is -0.495. The molecule has 2 aromatic heterocycles. The van der Waals surface area contributed by atoms with E-state index in [0.29, 0.717) is 35.7 Å². The molecule has 10 nitrogen and oxygen atoms in total. The van der Waals surface area contributed by atoms with Gasteiger partial charge in [-0.25, -0.2) is 19.8 Å². The van der Waals surface area contributed by atoms with Crippen LogP contribution < -0.4 is 5.32 Å². The summed E-state index contributed by atoms with van der Waals surface area (Å²) in [7, 11) is 0. The lowest BCUT2D eigenvalue weighted by molar-refractivity contribution is 0.0153. The molecule has 38 heavy (non-hydrogen) atoms. The van der Waals surface area contributed by atoms with E-state index in [-0.39, 0.29) is 6.09 Å². The van der Waals surface area contributed by atoms with E-state index in [1.54, 1.807) is 17.3 Å². The number of hydrogen-bond donors (Lipinski definition) is 2. The van der Waals surface area contributed by atoms with E-state index in [4.69, 9.17) is 16.3 Å². The van der Waals surface area contributed by atoms with Gasteiger partial charge < -0.3 is 19.9 Å². The molecule has 0 atom stereocenters. The zero-order chi connectivity index (χ0) is 27.3. The molecule has 2 N–H and O–H groups in total. The minimum absolute atomic E-state index is 0.261. The predicted molar refractivity (Wildman–Crippen MR) is 151 cm³/mol. The van der Waals surface area contributed by atoms with Crippen LogP contribution in [-0.4, -0.2) is 80.9 Å². The molecule has 0 spiro atoms. The fourth-order valence-corrected chi connectivity index (χ4v) is 4.26. The summed E-state index contributed by atoms with van der Waals surface area (Å²) >= 11 is 6.21. The van der Waals surface area contributed by atoms with Gasteiger partial charge in [0.25, 0.3) is 0 Å². The molecule has 0 unspecified atom stereocenters. The minimum Gasteiger partial charge on any atom is -0.444 e. The number of carbonyl (C=O) groups is 1. The maximum Gasteiger partial charge on any atom is 0.410 e. The van der Waals surface area contributed by atoms with E-state index in [0.717, 1.165) is 41.8 Å². The second-order valence-electron chi connectivity index (χ2n) is 9.93. The van der Waals surface area contributed by atoms with Crippen LogP contribution in [0.25, 0.3) is 22.3 Å². The highest BCUT2D eigenvalue weighted by atomic mass is 35.5. The van der Waals surface area contributed by atoms with Crippen LogP contribution in [0.2, 0.25) is 5.15 Å². The van der Waals surface area contributed by atoms with E-state index in [1.807, 2.05) is 58.0 Å². The van der Waals surface area contributed by atoms with Gasteiger partial charge in [0.2, 0.25) is 5.95 Å². The smallest absolute Gasteiger partial charge is 0.410 e. The molecule has 1 aliphatic rings. The molecule has 200 valence electrons. The first-order valence-corrected chi connectivity index (χ1v) is 12.8. The Morgan fingerprint density at radius 1 is 1.24 bits per heavy atom. The summed E-state index contributed by atoms with van der Waals surface area (Å²) in [6, 6.07) is 5.74. The number of fused-ring (bicyclic) bond motifs is 1. The van der Waals surface area contributed by atoms with Crippen LogP contribution in [-0.2, 0) is 4.74 Å². The molecule has 11 heteroatoms. The predicted octanol–water partition coefficient (Wildman–Crippen LogP) is 5.13. The maximum absolute atomic E-state index is 12.3. The summed E-state index contributed by atoms with van der Waals surface area (Å²) in [6.07, 6.45) is 6.90. The number of hydrogen-bond acceptors (Lipinski definition) is 8. The first-order chi connectivity index (χ1) is 18.1. The number of amides is 1. The molecule has 0 aliphatic carbocycles. The number of halogens is 1. The molecule has 1 amide bonds. The number of rotatable bonds is 7. The lowest BCUT2D eigenvalue weighted by Gasteiger charge is -2.35. The number of benzene rings is 1. The van der Waals surface area contributed by atoms with Crippen molar-refractivity contribution in [2.24, 2.45) is 4.99 Å². The third-order valence-electron chi connectivity index (χ3n) is 5.95. The second-order valence-corrected chi connectivity index (χ2v) is 10.3. The maximum atomic E-state index is 12.3. The number of aliphatic imine (C=N–C) groups is 1. The van der Waals surface area contributed by atoms with Crippen molar-refractivity contribution in [1.82, 2.24) is 29.7 Å². The quantitative estimate of drug-likeness (QED) is 0.318. The lowest BCUT2D eigenvalue weighted by Crippen LogP contribution is -2.50. The fourth-order valence-electron chi connectivity index (χ4n) is 4.04. The van der Waals surface area contributed by atoms with Crippen molar-refractivity contribution in [3.63, 3.8) is 0 Å². The van der Waals surface area contributed by atoms with Crippen LogP contribution in [0.4, 0.5) is 10.7 Å². The molecule has 1 aliphatic heterocycles. The molecule has 1 aromatic carbocycles. The number of anilines is 1. The first kappa shape index (κ1) is 27.3. The lowest BCUT2D eigenvalue weighted by atomic mass is 10.1. The summed E-state index contributed by atoms with van der Waals surface area (Å²) in [5, 5.41) is 3.56. The highest BCUT2D eigenvalue weighted by Crippen LogP contribution is 2.27. The van der Waals surface area contributed by atoms with Crippen LogP contribution in [0.15, 0.2) is 59.1 Å². The molecule has 3 heterocycles. The van der Waals surface area contributed by atoms with Gasteiger partial charge in [0, 0.05) is 50.7 Å². The van der Waals surface area contributed by atoms with Crippen molar-refractivity contribution < 1.29 is 9.53 Å². The standard InChI is InChI=1S/C27H33ClN8O2/c1-6-18(17-35-11-13-36(14-12-35)26(37)38-27(2,3)4)15-22(29-5)34-25-32-20-8-7-19(16-21(20)33-25)23-24(28)31-10-9-30-23/h6-10,15-16H,5,11-14,17H2,1-4H3,(H2,32,33,34)/b18-6+,22-15+. The Balaban J connectivity index is 1.39. The Hall–Kier alpha value is -3.76. The van der Waals surface area contributed by atoms with Crippen molar-refractivity contribution in [1.29, 1.82) is 0 Å². The van der Waals surface area contributed by atoms with E-state index in [1.165, 1.54) is 0 Å². The summed E-state index contributed by atoms with van der Waals surface area (Å²) < 4.78 is 5.49. The number of aromatic nitrogens is 4. The highest BCUT2D eigenvalue weighted by molar-refractivity contribution is 6.31. The van der Waals surface area contributed by atoms with Gasteiger partial charge in [-0.2, -0.15) is 0 Å². The second kappa shape index (κ2) is 11.7. The molecule has 0 radical (unpaired) electrons. The van der Waals surface area contributed by atoms with E-state index < -0.39 is 5.60 Å². The van der Waals surface area contributed by atoms with Gasteiger partial charge in [-0.1, -0.05) is 23.7 Å². The number of nitrogens with zero attached hydrogens (tertiary/aromatic N) is 6. The number of ether oxygens (including phenoxy) is 1. The zero-order valence-electron chi connectivity index (χ0n) is 22.2. The number of H-pyrrole nitrogens is 1. The molecule has 0 saturated carbocycles. The van der Waals surface area contributed by atoms with Gasteiger partial charge in [0.05, 0.1) is 11.0 Å². The number of nitrogens with one attached hydrogen (secondary N) is 2. The van der Waals surface area contributed by atoms with Crippen LogP contribution >= 0.6 is 11.6 Å². The van der Waals surface area contributed by atoms with Crippen molar-refractivity contribution >= 4 is 41.4 Å². The number of imidazole rings is 1. The van der Waals surface area contributed by atoms with Crippen LogP contribution in [0, 0.1) is 0 Å². The monoisotopic (exact) mass is 536 g/mol. The van der Waals surface area contributed by atoms with Gasteiger partial charge in [-0.3, -0.25) is 9.88 Å². The molecule has 4 rings (SSSR count). The number of piperazine rings is 1. The van der Waals surface area contributed by atoms with E-state index in [9.17, 15) is 4.79 Å². The topological polar surface area (TPSA) is 112 Å². The Morgan fingerprint density at radius 2 is 1.97 bits per heavy atom. The molecule has 3 aromatic rings. The Kier molecular flexibility index (Phi) is 8.43. The normalized spacial score (nSPS) is 15.6. The third-order valence-corrected chi connectivity index (χ3v) is 6.23. The van der Waals surface area contributed by atoms with Gasteiger partial charge in [-0.05, 0) is 58.2 Å². The average Bonchev–Trinajstić information content (AvgIpc) is 3.29. The molecular weight excluding hydrogens is 504 g/mol. The summed E-state index contributed by atoms with van der Waals surface area (Å²) in [6.45, 7) is 14.8. The van der Waals surface area contributed by atoms with Crippen LogP contribution in [0.5, 0.6) is 0 Å². The van der Waals surface area contributed by atoms with Crippen molar-refractivity contribution in [2.75, 3.05) is 38.0 Å². The highest BCUT2D eigenvalue weighted by Gasteiger charge is 2.26. The zero-order valence-corrected chi connectivity index (χ0v) is 22.9. The van der Waals surface area contributed by atoms with Crippen molar-refractivity contribution in [2.45, 2.75) is 33.3 Å². The number of carbonyl (C=O) groups excluding carboxylic acids is 1. The average molecular weight is 537 g/mol. The first-order valence-electron chi connectivity index (χ1n) is 12.4. The van der Waals surface area contributed by atoms with Crippen LogP contribution in [0.1, 0.15) is 27.7 Å². The van der Waals surface area contributed by atoms with E-state index >= 15 is 0 Å². The molecule has 1 fully saturated rings. The van der Waals surface area contributed by atoms with Crippen molar-refractivity contribution in [3.8, 4) is 11.3 Å². The van der Waals surface area contributed by atoms with Gasteiger partial charge >= 0.3 is 6.09 Å². The molecule has 1 saturated heterocycles. The molecule has 0 bridgehead atoms. The molecular formula is C27H33ClN8O2.